The molecule has 2 N–H and O–H groups in total. The molecule has 3 nitrogen and oxygen atoms in total. The van der Waals surface area contributed by atoms with Crippen LogP contribution in [0.1, 0.15) is 0 Å². The summed E-state index contributed by atoms with van der Waals surface area (Å²) in [6, 6.07) is 4.63. The molecule has 0 fully saturated rings. The first-order valence-corrected chi connectivity index (χ1v) is 3.24. The van der Waals surface area contributed by atoms with E-state index in [-0.39, 0.29) is 11.5 Å². The maximum atomic E-state index is 10.9. The molecule has 55 valence electrons. The van der Waals surface area contributed by atoms with E-state index < -0.39 is 0 Å². The molecule has 3 heteroatoms. The van der Waals surface area contributed by atoms with Gasteiger partial charge in [-0.15, -0.1) is 0 Å². The molecule has 2 rings (SSSR count). The van der Waals surface area contributed by atoms with Crippen LogP contribution in [0.2, 0.25) is 0 Å². The normalized spacial score (nSPS) is 10.5. The standard InChI is InChI=1S/C8H6NO2/c10-7-3-5-1-2-9-6(5)4-8(7)11/h1-4,9-10H. The summed E-state index contributed by atoms with van der Waals surface area (Å²) in [5, 5.41) is 20.7. The molecule has 1 radical (unpaired) electrons. The molecule has 2 aromatic rings. The van der Waals surface area contributed by atoms with E-state index in [4.69, 9.17) is 5.11 Å². The number of phenols is 1. The van der Waals surface area contributed by atoms with E-state index in [0.717, 1.165) is 10.9 Å². The first-order chi connectivity index (χ1) is 5.27. The molecule has 0 aliphatic rings. The lowest BCUT2D eigenvalue weighted by molar-refractivity contribution is 0.325. The van der Waals surface area contributed by atoms with Crippen LogP contribution in [0.3, 0.4) is 0 Å². The summed E-state index contributed by atoms with van der Waals surface area (Å²) in [6.45, 7) is 0. The second-order valence-electron chi connectivity index (χ2n) is 2.38. The highest BCUT2D eigenvalue weighted by Crippen LogP contribution is 2.29. The Morgan fingerprint density at radius 1 is 1.36 bits per heavy atom. The Hall–Kier alpha value is -1.64. The fraction of sp³-hybridized carbons (Fsp3) is 0. The van der Waals surface area contributed by atoms with Crippen molar-refractivity contribution in [2.45, 2.75) is 0 Å². The monoisotopic (exact) mass is 148 g/mol. The lowest BCUT2D eigenvalue weighted by Crippen LogP contribution is -1.68. The molecular formula is C8H6NO2. The van der Waals surface area contributed by atoms with E-state index in [1.807, 2.05) is 0 Å². The van der Waals surface area contributed by atoms with Gasteiger partial charge in [-0.3, -0.25) is 5.11 Å². The van der Waals surface area contributed by atoms with Crippen LogP contribution in [0.25, 0.3) is 10.9 Å². The number of aromatic amines is 1. The van der Waals surface area contributed by atoms with Crippen molar-refractivity contribution < 1.29 is 10.2 Å². The number of nitrogens with one attached hydrogen (secondary N) is 1. The summed E-state index contributed by atoms with van der Waals surface area (Å²) in [5.41, 5.74) is 0.757. The Balaban J connectivity index is 2.86. The van der Waals surface area contributed by atoms with E-state index >= 15 is 0 Å². The molecule has 0 spiro atoms. The highest BCUT2D eigenvalue weighted by Gasteiger charge is 2.03. The van der Waals surface area contributed by atoms with Crippen LogP contribution in [-0.2, 0) is 5.11 Å². The van der Waals surface area contributed by atoms with Gasteiger partial charge in [-0.1, -0.05) is 0 Å². The van der Waals surface area contributed by atoms with Crippen LogP contribution in [0.5, 0.6) is 11.5 Å². The maximum Gasteiger partial charge on any atom is 0.222 e. The van der Waals surface area contributed by atoms with Crippen LogP contribution in [0.15, 0.2) is 24.4 Å². The summed E-state index contributed by atoms with van der Waals surface area (Å²) in [4.78, 5) is 2.88. The minimum Gasteiger partial charge on any atom is -0.504 e. The van der Waals surface area contributed by atoms with Gasteiger partial charge < -0.3 is 10.1 Å². The van der Waals surface area contributed by atoms with Crippen LogP contribution in [-0.4, -0.2) is 10.1 Å². The van der Waals surface area contributed by atoms with Gasteiger partial charge >= 0.3 is 0 Å². The number of rotatable bonds is 0. The van der Waals surface area contributed by atoms with E-state index in [9.17, 15) is 5.11 Å². The lowest BCUT2D eigenvalue weighted by atomic mass is 10.2. The summed E-state index contributed by atoms with van der Waals surface area (Å²) in [5.74, 6) is -0.544. The zero-order valence-corrected chi connectivity index (χ0v) is 5.66. The number of fused-ring (bicyclic) bond motifs is 1. The van der Waals surface area contributed by atoms with E-state index in [1.165, 1.54) is 12.1 Å². The maximum absolute atomic E-state index is 10.9. The number of H-pyrrole nitrogens is 1. The van der Waals surface area contributed by atoms with Crippen molar-refractivity contribution in [1.82, 2.24) is 4.98 Å². The topological polar surface area (TPSA) is 55.9 Å². The van der Waals surface area contributed by atoms with E-state index in [0.29, 0.717) is 0 Å². The highest BCUT2D eigenvalue weighted by atomic mass is 16.3. The van der Waals surface area contributed by atoms with Crippen LogP contribution < -0.4 is 0 Å². The van der Waals surface area contributed by atoms with Gasteiger partial charge in [0, 0.05) is 23.2 Å². The van der Waals surface area contributed by atoms with Crippen molar-refractivity contribution in [3.63, 3.8) is 0 Å². The molecule has 1 aromatic heterocycles. The minimum absolute atomic E-state index is 0.197. The molecule has 0 unspecified atom stereocenters. The number of hydrogen-bond donors (Lipinski definition) is 2. The van der Waals surface area contributed by atoms with Crippen molar-refractivity contribution in [2.24, 2.45) is 0 Å². The summed E-state index contributed by atoms with van der Waals surface area (Å²) in [6.07, 6.45) is 1.73. The van der Waals surface area contributed by atoms with E-state index in [2.05, 4.69) is 4.98 Å². The molecule has 1 heterocycles. The Labute approximate surface area is 62.9 Å². The highest BCUT2D eigenvalue weighted by molar-refractivity contribution is 5.82. The van der Waals surface area contributed by atoms with Gasteiger partial charge in [0.2, 0.25) is 5.75 Å². The molecule has 11 heavy (non-hydrogen) atoms. The number of aromatic hydroxyl groups is 1. The average Bonchev–Trinajstić information content (AvgIpc) is 2.36. The largest absolute Gasteiger partial charge is 0.504 e. The number of aromatic nitrogens is 1. The first-order valence-electron chi connectivity index (χ1n) is 3.24. The third kappa shape index (κ3) is 0.816. The zero-order valence-electron chi connectivity index (χ0n) is 5.66. The molecule has 0 saturated carbocycles. The molecule has 0 atom stereocenters. The fourth-order valence-corrected chi connectivity index (χ4v) is 1.07. The van der Waals surface area contributed by atoms with Gasteiger partial charge in [-0.2, -0.15) is 0 Å². The van der Waals surface area contributed by atoms with Crippen LogP contribution in [0.4, 0.5) is 0 Å². The zero-order chi connectivity index (χ0) is 7.84. The number of benzene rings is 1. The molecule has 0 bridgehead atoms. The van der Waals surface area contributed by atoms with Gasteiger partial charge in [0.15, 0.2) is 5.75 Å². The van der Waals surface area contributed by atoms with Crippen LogP contribution >= 0.6 is 0 Å². The Kier molecular flexibility index (Phi) is 1.06. The first kappa shape index (κ1) is 6.09. The van der Waals surface area contributed by atoms with Gasteiger partial charge in [0.05, 0.1) is 0 Å². The fourth-order valence-electron chi connectivity index (χ4n) is 1.07. The van der Waals surface area contributed by atoms with Crippen molar-refractivity contribution in [2.75, 3.05) is 0 Å². The second-order valence-corrected chi connectivity index (χ2v) is 2.38. The molecule has 0 aliphatic carbocycles. The van der Waals surface area contributed by atoms with Crippen LogP contribution in [0, 0.1) is 0 Å². The van der Waals surface area contributed by atoms with Gasteiger partial charge in [0.25, 0.3) is 0 Å². The number of hydrogen-bond acceptors (Lipinski definition) is 1. The smallest absolute Gasteiger partial charge is 0.222 e. The summed E-state index contributed by atoms with van der Waals surface area (Å²) in [7, 11) is 0. The Morgan fingerprint density at radius 3 is 3.00 bits per heavy atom. The molecule has 1 aromatic carbocycles. The summed E-state index contributed by atoms with van der Waals surface area (Å²) >= 11 is 0. The average molecular weight is 148 g/mol. The molecule has 0 amide bonds. The van der Waals surface area contributed by atoms with Gasteiger partial charge in [-0.25, -0.2) is 0 Å². The van der Waals surface area contributed by atoms with Crippen molar-refractivity contribution in [3.05, 3.63) is 24.4 Å². The predicted octanol–water partition coefficient (Wildman–Crippen LogP) is 2.02. The van der Waals surface area contributed by atoms with Crippen molar-refractivity contribution in [3.8, 4) is 11.5 Å². The van der Waals surface area contributed by atoms with Gasteiger partial charge in [-0.05, 0) is 12.1 Å². The molecular weight excluding hydrogens is 142 g/mol. The predicted molar refractivity (Wildman–Crippen MR) is 40.1 cm³/mol. The lowest BCUT2D eigenvalue weighted by Gasteiger charge is -1.93. The summed E-state index contributed by atoms with van der Waals surface area (Å²) < 4.78 is 0. The molecule has 0 saturated heterocycles. The second kappa shape index (κ2) is 1.92. The van der Waals surface area contributed by atoms with Crippen molar-refractivity contribution in [1.29, 1.82) is 0 Å². The Bertz CT molecular complexity index is 356. The minimum atomic E-state index is -0.347. The SMILES string of the molecule is [O]c1cc2[nH]ccc2cc1O. The quantitative estimate of drug-likeness (QED) is 0.589. The third-order valence-electron chi connectivity index (χ3n) is 1.63. The third-order valence-corrected chi connectivity index (χ3v) is 1.63. The Morgan fingerprint density at radius 2 is 2.18 bits per heavy atom. The van der Waals surface area contributed by atoms with E-state index in [1.54, 1.807) is 12.3 Å². The van der Waals surface area contributed by atoms with Gasteiger partial charge in [0.1, 0.15) is 0 Å². The number of phenolic OH excluding ortho intramolecular Hbond substituents is 1. The molecule has 0 aliphatic heterocycles. The van der Waals surface area contributed by atoms with Crippen molar-refractivity contribution >= 4 is 10.9 Å².